The van der Waals surface area contributed by atoms with Crippen LogP contribution in [0.25, 0.3) is 15.0 Å². The van der Waals surface area contributed by atoms with E-state index in [1.807, 2.05) is 41.5 Å². The van der Waals surface area contributed by atoms with E-state index in [0.29, 0.717) is 0 Å². The predicted octanol–water partition coefficient (Wildman–Crippen LogP) is 7.66. The fourth-order valence-corrected chi connectivity index (χ4v) is 3.71. The summed E-state index contributed by atoms with van der Waals surface area (Å²) in [6.45, 7) is 12.0. The van der Waals surface area contributed by atoms with Crippen LogP contribution in [-0.2, 0) is 0 Å². The standard InChI is InChI=1S/C14H11S.3C2H6/c1-2-7-13(8-3-1)15-11-10-12-6-4-5-9-14(12)15;3*1-2/h1-11H;3*1-2H3/q+1;;;. The van der Waals surface area contributed by atoms with Crippen LogP contribution in [0.3, 0.4) is 0 Å². The Balaban J connectivity index is 0.000000598. The maximum Gasteiger partial charge on any atom is 0.186 e. The van der Waals surface area contributed by atoms with Gasteiger partial charge in [0.15, 0.2) is 9.60 Å². The average molecular weight is 302 g/mol. The van der Waals surface area contributed by atoms with Crippen molar-refractivity contribution in [1.29, 1.82) is 0 Å². The van der Waals surface area contributed by atoms with Crippen molar-refractivity contribution in [2.24, 2.45) is 0 Å². The molecule has 3 rings (SSSR count). The highest BCUT2D eigenvalue weighted by molar-refractivity contribution is 7.43. The van der Waals surface area contributed by atoms with Crippen LogP contribution in [0, 0.1) is 0 Å². The summed E-state index contributed by atoms with van der Waals surface area (Å²) in [5.74, 6) is 0. The molecular weight excluding hydrogens is 272 g/mol. The van der Waals surface area contributed by atoms with Crippen molar-refractivity contribution in [1.82, 2.24) is 0 Å². The maximum absolute atomic E-state index is 2.31. The molecule has 0 nitrogen and oxygen atoms in total. The molecule has 0 amide bonds. The Labute approximate surface area is 133 Å². The summed E-state index contributed by atoms with van der Waals surface area (Å²) in [6.07, 6.45) is 0. The second-order valence-corrected chi connectivity index (χ2v) is 5.35. The lowest BCUT2D eigenvalue weighted by Gasteiger charge is -1.89. The van der Waals surface area contributed by atoms with E-state index in [-0.39, 0.29) is 10.5 Å². The van der Waals surface area contributed by atoms with Gasteiger partial charge in [0.2, 0.25) is 0 Å². The minimum atomic E-state index is 0.154. The van der Waals surface area contributed by atoms with E-state index in [2.05, 4.69) is 66.0 Å². The SMILES string of the molecule is CC.CC.CC.c1ccc(-[s+]2ccc3ccccc32)cc1. The summed E-state index contributed by atoms with van der Waals surface area (Å²) in [5.41, 5.74) is 0. The third-order valence-corrected chi connectivity index (χ3v) is 4.57. The summed E-state index contributed by atoms with van der Waals surface area (Å²) < 4.78 is 1.45. The monoisotopic (exact) mass is 301 g/mol. The Kier molecular flexibility index (Phi) is 11.2. The van der Waals surface area contributed by atoms with Crippen molar-refractivity contribution in [3.63, 3.8) is 0 Å². The van der Waals surface area contributed by atoms with E-state index in [1.54, 1.807) is 0 Å². The highest BCUT2D eigenvalue weighted by Crippen LogP contribution is 2.38. The molecule has 0 N–H and O–H groups in total. The van der Waals surface area contributed by atoms with E-state index in [1.165, 1.54) is 15.0 Å². The zero-order chi connectivity index (χ0) is 16.1. The third kappa shape index (κ3) is 5.35. The smallest absolute Gasteiger partial charge is 0.0683 e. The molecule has 114 valence electrons. The molecule has 3 aromatic rings. The fourth-order valence-electron chi connectivity index (χ4n) is 1.81. The van der Waals surface area contributed by atoms with Crippen molar-refractivity contribution >= 4 is 20.6 Å². The van der Waals surface area contributed by atoms with Gasteiger partial charge >= 0.3 is 0 Å². The van der Waals surface area contributed by atoms with Crippen molar-refractivity contribution in [3.8, 4) is 4.90 Å². The van der Waals surface area contributed by atoms with Crippen molar-refractivity contribution < 1.29 is 0 Å². The minimum Gasteiger partial charge on any atom is -0.0683 e. The number of benzene rings is 2. The largest absolute Gasteiger partial charge is 0.186 e. The number of thiophene rings is 1. The van der Waals surface area contributed by atoms with Gasteiger partial charge in [0.05, 0.1) is 0 Å². The van der Waals surface area contributed by atoms with Gasteiger partial charge in [-0.25, -0.2) is 0 Å². The second kappa shape index (κ2) is 12.2. The molecule has 1 heteroatoms. The minimum absolute atomic E-state index is 0.154. The molecule has 0 aliphatic heterocycles. The molecule has 0 fully saturated rings. The molecule has 1 atom stereocenters. The van der Waals surface area contributed by atoms with Gasteiger partial charge in [-0.05, 0) is 24.3 Å². The molecule has 1 unspecified atom stereocenters. The van der Waals surface area contributed by atoms with Crippen LogP contribution in [0.1, 0.15) is 41.5 Å². The number of rotatable bonds is 1. The lowest BCUT2D eigenvalue weighted by Crippen LogP contribution is -1.66. The first kappa shape index (κ1) is 19.4. The summed E-state index contributed by atoms with van der Waals surface area (Å²) in [4.78, 5) is 1.40. The first-order valence-corrected chi connectivity index (χ1v) is 9.29. The zero-order valence-electron chi connectivity index (χ0n) is 14.3. The summed E-state index contributed by atoms with van der Waals surface area (Å²) >= 11 is 0. The van der Waals surface area contributed by atoms with E-state index >= 15 is 0 Å². The summed E-state index contributed by atoms with van der Waals surface area (Å²) in [5, 5.41) is 3.67. The number of hydrogen-bond acceptors (Lipinski definition) is 0. The predicted molar refractivity (Wildman–Crippen MR) is 102 cm³/mol. The van der Waals surface area contributed by atoms with Crippen LogP contribution in [0.4, 0.5) is 0 Å². The van der Waals surface area contributed by atoms with Crippen LogP contribution < -0.4 is 0 Å². The molecule has 0 radical (unpaired) electrons. The van der Waals surface area contributed by atoms with E-state index in [9.17, 15) is 0 Å². The van der Waals surface area contributed by atoms with E-state index in [0.717, 1.165) is 0 Å². The lowest BCUT2D eigenvalue weighted by molar-refractivity contribution is 1.50. The first-order chi connectivity index (χ1) is 10.4. The van der Waals surface area contributed by atoms with Crippen molar-refractivity contribution in [2.45, 2.75) is 41.5 Å². The van der Waals surface area contributed by atoms with E-state index in [4.69, 9.17) is 0 Å². The Bertz CT molecular complexity index is 579. The van der Waals surface area contributed by atoms with Gasteiger partial charge in [-0.1, -0.05) is 71.9 Å². The van der Waals surface area contributed by atoms with Gasteiger partial charge in [-0.2, -0.15) is 0 Å². The average Bonchev–Trinajstić information content (AvgIpc) is 3.05. The van der Waals surface area contributed by atoms with Gasteiger partial charge in [-0.3, -0.25) is 0 Å². The zero-order valence-corrected chi connectivity index (χ0v) is 15.1. The normalized spacial score (nSPS) is 9.33. The fraction of sp³-hybridized carbons (Fsp3) is 0.300. The molecule has 2 aromatic carbocycles. The molecule has 0 bridgehead atoms. The van der Waals surface area contributed by atoms with E-state index < -0.39 is 0 Å². The lowest BCUT2D eigenvalue weighted by atomic mass is 10.3. The maximum atomic E-state index is 2.31. The number of hydrogen-bond donors (Lipinski definition) is 0. The van der Waals surface area contributed by atoms with Gasteiger partial charge < -0.3 is 0 Å². The second-order valence-electron chi connectivity index (χ2n) is 3.49. The van der Waals surface area contributed by atoms with Crippen molar-refractivity contribution in [3.05, 3.63) is 66.0 Å². The quantitative estimate of drug-likeness (QED) is 0.405. The summed E-state index contributed by atoms with van der Waals surface area (Å²) in [7, 11) is 0.154. The van der Waals surface area contributed by atoms with Crippen LogP contribution in [0.15, 0.2) is 66.0 Å². The molecule has 0 aliphatic rings. The first-order valence-electron chi connectivity index (χ1n) is 8.00. The van der Waals surface area contributed by atoms with Crippen LogP contribution in [0.2, 0.25) is 0 Å². The van der Waals surface area contributed by atoms with Crippen molar-refractivity contribution in [2.75, 3.05) is 0 Å². The Morgan fingerprint density at radius 1 is 0.571 bits per heavy atom. The topological polar surface area (TPSA) is 0 Å². The highest BCUT2D eigenvalue weighted by Gasteiger charge is 2.13. The molecule has 0 aliphatic carbocycles. The molecular formula is C20H29S+. The summed E-state index contributed by atoms with van der Waals surface area (Å²) in [6, 6.07) is 21.5. The third-order valence-electron chi connectivity index (χ3n) is 2.54. The Morgan fingerprint density at radius 3 is 1.71 bits per heavy atom. The Morgan fingerprint density at radius 2 is 1.10 bits per heavy atom. The molecule has 0 spiro atoms. The number of fused-ring (bicyclic) bond motifs is 1. The molecule has 1 aromatic heterocycles. The van der Waals surface area contributed by atoms with Gasteiger partial charge in [0.1, 0.15) is 5.38 Å². The van der Waals surface area contributed by atoms with Gasteiger partial charge in [-0.15, -0.1) is 0 Å². The van der Waals surface area contributed by atoms with Gasteiger partial charge in [0, 0.05) is 21.9 Å². The van der Waals surface area contributed by atoms with Gasteiger partial charge in [0.25, 0.3) is 0 Å². The molecule has 1 heterocycles. The molecule has 0 saturated carbocycles. The molecule has 21 heavy (non-hydrogen) atoms. The van der Waals surface area contributed by atoms with Crippen LogP contribution in [0.5, 0.6) is 0 Å². The Hall–Kier alpha value is -1.60. The van der Waals surface area contributed by atoms with Crippen LogP contribution >= 0.6 is 10.5 Å². The highest BCUT2D eigenvalue weighted by atomic mass is 32.2. The van der Waals surface area contributed by atoms with Crippen LogP contribution in [-0.4, -0.2) is 0 Å². The molecule has 0 saturated heterocycles.